The summed E-state index contributed by atoms with van der Waals surface area (Å²) in [5.74, 6) is 1.72. The number of rotatable bonds is 6. The number of ether oxygens (including phenoxy) is 2. The monoisotopic (exact) mass is 276 g/mol. The van der Waals surface area contributed by atoms with Gasteiger partial charge in [-0.25, -0.2) is 0 Å². The summed E-state index contributed by atoms with van der Waals surface area (Å²) in [6, 6.07) is 7.66. The van der Waals surface area contributed by atoms with E-state index in [1.165, 1.54) is 0 Å². The number of piperazine rings is 1. The van der Waals surface area contributed by atoms with Gasteiger partial charge in [0.25, 0.3) is 0 Å². The SMILES string of the molecule is COc1ccc(OC/C=C/CN2CCN(C)CC2)cc1. The molecule has 20 heavy (non-hydrogen) atoms. The van der Waals surface area contributed by atoms with E-state index in [0.717, 1.165) is 44.2 Å². The van der Waals surface area contributed by atoms with Crippen LogP contribution in [0.1, 0.15) is 0 Å². The Morgan fingerprint density at radius 1 is 1.00 bits per heavy atom. The Kier molecular flexibility index (Phi) is 5.89. The van der Waals surface area contributed by atoms with E-state index in [1.54, 1.807) is 7.11 Å². The minimum absolute atomic E-state index is 0.611. The molecule has 0 bridgehead atoms. The Morgan fingerprint density at radius 2 is 1.65 bits per heavy atom. The minimum atomic E-state index is 0.611. The van der Waals surface area contributed by atoms with E-state index in [0.29, 0.717) is 6.61 Å². The van der Waals surface area contributed by atoms with E-state index in [-0.39, 0.29) is 0 Å². The van der Waals surface area contributed by atoms with Crippen LogP contribution in [0.2, 0.25) is 0 Å². The Hall–Kier alpha value is -1.52. The zero-order valence-corrected chi connectivity index (χ0v) is 12.4. The predicted octanol–water partition coefficient (Wildman–Crippen LogP) is 1.88. The molecule has 0 atom stereocenters. The van der Waals surface area contributed by atoms with Gasteiger partial charge in [0.1, 0.15) is 18.1 Å². The summed E-state index contributed by atoms with van der Waals surface area (Å²) in [7, 11) is 3.84. The zero-order chi connectivity index (χ0) is 14.2. The van der Waals surface area contributed by atoms with Gasteiger partial charge in [0, 0.05) is 32.7 Å². The first-order valence-electron chi connectivity index (χ1n) is 7.10. The Bertz CT molecular complexity index is 409. The lowest BCUT2D eigenvalue weighted by Crippen LogP contribution is -2.44. The normalized spacial score (nSPS) is 17.5. The molecule has 0 spiro atoms. The lowest BCUT2D eigenvalue weighted by atomic mass is 10.3. The van der Waals surface area contributed by atoms with Crippen molar-refractivity contribution < 1.29 is 9.47 Å². The molecule has 1 aliphatic heterocycles. The first kappa shape index (κ1) is 14.9. The van der Waals surface area contributed by atoms with Crippen LogP contribution in [0.25, 0.3) is 0 Å². The van der Waals surface area contributed by atoms with Crippen LogP contribution in [0.3, 0.4) is 0 Å². The molecule has 1 aromatic carbocycles. The second-order valence-electron chi connectivity index (χ2n) is 5.06. The summed E-state index contributed by atoms with van der Waals surface area (Å²) in [6.45, 7) is 6.26. The third-order valence-corrected chi connectivity index (χ3v) is 3.53. The van der Waals surface area contributed by atoms with Gasteiger partial charge >= 0.3 is 0 Å². The fourth-order valence-electron chi connectivity index (χ4n) is 2.14. The number of hydrogen-bond acceptors (Lipinski definition) is 4. The predicted molar refractivity (Wildman–Crippen MR) is 81.6 cm³/mol. The van der Waals surface area contributed by atoms with Crippen molar-refractivity contribution in [1.82, 2.24) is 9.80 Å². The quantitative estimate of drug-likeness (QED) is 0.741. The van der Waals surface area contributed by atoms with Crippen molar-refractivity contribution in [3.05, 3.63) is 36.4 Å². The maximum Gasteiger partial charge on any atom is 0.120 e. The molecule has 0 aliphatic carbocycles. The molecular formula is C16H24N2O2. The van der Waals surface area contributed by atoms with Crippen molar-refractivity contribution in [2.24, 2.45) is 0 Å². The first-order valence-corrected chi connectivity index (χ1v) is 7.10. The van der Waals surface area contributed by atoms with Crippen LogP contribution >= 0.6 is 0 Å². The molecule has 0 N–H and O–H groups in total. The van der Waals surface area contributed by atoms with E-state index in [9.17, 15) is 0 Å². The molecule has 0 radical (unpaired) electrons. The number of methoxy groups -OCH3 is 1. The maximum absolute atomic E-state index is 5.64. The second-order valence-corrected chi connectivity index (χ2v) is 5.06. The molecule has 1 fully saturated rings. The summed E-state index contributed by atoms with van der Waals surface area (Å²) >= 11 is 0. The molecule has 1 heterocycles. The van der Waals surface area contributed by atoms with Gasteiger partial charge in [0.05, 0.1) is 7.11 Å². The van der Waals surface area contributed by atoms with Gasteiger partial charge in [-0.1, -0.05) is 12.2 Å². The van der Waals surface area contributed by atoms with Crippen molar-refractivity contribution in [2.45, 2.75) is 0 Å². The van der Waals surface area contributed by atoms with E-state index in [1.807, 2.05) is 24.3 Å². The van der Waals surface area contributed by atoms with Gasteiger partial charge in [0.2, 0.25) is 0 Å². The highest BCUT2D eigenvalue weighted by atomic mass is 16.5. The average Bonchev–Trinajstić information content (AvgIpc) is 2.49. The molecule has 0 unspecified atom stereocenters. The van der Waals surface area contributed by atoms with Gasteiger partial charge in [0.15, 0.2) is 0 Å². The van der Waals surface area contributed by atoms with Crippen LogP contribution in [-0.2, 0) is 0 Å². The summed E-state index contributed by atoms with van der Waals surface area (Å²) < 4.78 is 10.8. The zero-order valence-electron chi connectivity index (χ0n) is 12.4. The average molecular weight is 276 g/mol. The molecule has 1 saturated heterocycles. The largest absolute Gasteiger partial charge is 0.497 e. The molecule has 2 rings (SSSR count). The summed E-state index contributed by atoms with van der Waals surface area (Å²) in [5.41, 5.74) is 0. The fourth-order valence-corrected chi connectivity index (χ4v) is 2.14. The molecule has 0 amide bonds. The number of benzene rings is 1. The van der Waals surface area contributed by atoms with Crippen LogP contribution in [0, 0.1) is 0 Å². The maximum atomic E-state index is 5.64. The standard InChI is InChI=1S/C16H24N2O2/c1-17-10-12-18(13-11-17)9-3-4-14-20-16-7-5-15(19-2)6-8-16/h3-8H,9-14H2,1-2H3/b4-3+. The van der Waals surface area contributed by atoms with Gasteiger partial charge < -0.3 is 14.4 Å². The molecule has 1 aliphatic rings. The van der Waals surface area contributed by atoms with Crippen LogP contribution in [-0.4, -0.2) is 63.3 Å². The first-order chi connectivity index (χ1) is 9.78. The van der Waals surface area contributed by atoms with E-state index < -0.39 is 0 Å². The van der Waals surface area contributed by atoms with Crippen molar-refractivity contribution in [1.29, 1.82) is 0 Å². The fraction of sp³-hybridized carbons (Fsp3) is 0.500. The number of likely N-dealkylation sites (N-methyl/N-ethyl adjacent to an activating group) is 1. The molecule has 4 nitrogen and oxygen atoms in total. The topological polar surface area (TPSA) is 24.9 Å². The smallest absolute Gasteiger partial charge is 0.120 e. The van der Waals surface area contributed by atoms with Crippen LogP contribution in [0.5, 0.6) is 11.5 Å². The third kappa shape index (κ3) is 4.87. The van der Waals surface area contributed by atoms with Crippen molar-refractivity contribution in [2.75, 3.05) is 53.5 Å². The highest BCUT2D eigenvalue weighted by Gasteiger charge is 2.11. The molecule has 110 valence electrons. The number of nitrogens with zero attached hydrogens (tertiary/aromatic N) is 2. The van der Waals surface area contributed by atoms with E-state index in [2.05, 4.69) is 29.0 Å². The van der Waals surface area contributed by atoms with Crippen LogP contribution < -0.4 is 9.47 Å². The van der Waals surface area contributed by atoms with Gasteiger partial charge in [-0.2, -0.15) is 0 Å². The summed E-state index contributed by atoms with van der Waals surface area (Å²) in [6.07, 6.45) is 4.28. The number of hydrogen-bond donors (Lipinski definition) is 0. The van der Waals surface area contributed by atoms with Crippen LogP contribution in [0.15, 0.2) is 36.4 Å². The lowest BCUT2D eigenvalue weighted by molar-refractivity contribution is 0.166. The molecule has 1 aromatic rings. The molecular weight excluding hydrogens is 252 g/mol. The summed E-state index contributed by atoms with van der Waals surface area (Å²) in [4.78, 5) is 4.83. The third-order valence-electron chi connectivity index (χ3n) is 3.53. The van der Waals surface area contributed by atoms with Crippen molar-refractivity contribution in [3.63, 3.8) is 0 Å². The van der Waals surface area contributed by atoms with Crippen LogP contribution in [0.4, 0.5) is 0 Å². The van der Waals surface area contributed by atoms with Gasteiger partial charge in [-0.15, -0.1) is 0 Å². The highest BCUT2D eigenvalue weighted by molar-refractivity contribution is 5.31. The van der Waals surface area contributed by atoms with E-state index in [4.69, 9.17) is 9.47 Å². The molecule has 0 aromatic heterocycles. The lowest BCUT2D eigenvalue weighted by Gasteiger charge is -2.31. The molecule has 4 heteroatoms. The van der Waals surface area contributed by atoms with Crippen molar-refractivity contribution in [3.8, 4) is 11.5 Å². The Morgan fingerprint density at radius 3 is 2.30 bits per heavy atom. The van der Waals surface area contributed by atoms with Gasteiger partial charge in [-0.3, -0.25) is 4.90 Å². The minimum Gasteiger partial charge on any atom is -0.497 e. The highest BCUT2D eigenvalue weighted by Crippen LogP contribution is 2.16. The summed E-state index contributed by atoms with van der Waals surface area (Å²) in [5, 5.41) is 0. The Labute approximate surface area is 121 Å². The van der Waals surface area contributed by atoms with E-state index >= 15 is 0 Å². The van der Waals surface area contributed by atoms with Gasteiger partial charge in [-0.05, 0) is 31.3 Å². The van der Waals surface area contributed by atoms with Crippen molar-refractivity contribution >= 4 is 0 Å². The Balaban J connectivity index is 1.63. The molecule has 0 saturated carbocycles. The second kappa shape index (κ2) is 7.92.